The lowest BCUT2D eigenvalue weighted by Crippen LogP contribution is -2.42. The van der Waals surface area contributed by atoms with E-state index in [-0.39, 0.29) is 0 Å². The first-order valence-corrected chi connectivity index (χ1v) is 9.18. The lowest BCUT2D eigenvalue weighted by Gasteiger charge is -2.27. The van der Waals surface area contributed by atoms with Crippen LogP contribution in [-0.4, -0.2) is 22.5 Å². The van der Waals surface area contributed by atoms with Crippen molar-refractivity contribution in [2.24, 2.45) is 10.9 Å². The van der Waals surface area contributed by atoms with E-state index in [1.165, 1.54) is 62.3 Å². The number of nitrogens with one attached hydrogen (secondary N) is 1. The van der Waals surface area contributed by atoms with E-state index in [0.29, 0.717) is 11.6 Å². The topological polar surface area (TPSA) is 24.4 Å². The van der Waals surface area contributed by atoms with Crippen LogP contribution in [0.4, 0.5) is 0 Å². The summed E-state index contributed by atoms with van der Waals surface area (Å²) in [6, 6.07) is 0.590. The van der Waals surface area contributed by atoms with Crippen LogP contribution in [0, 0.1) is 5.92 Å². The molecule has 0 aromatic rings. The van der Waals surface area contributed by atoms with E-state index >= 15 is 0 Å². The molecule has 1 heterocycles. The molecule has 0 atom stereocenters. The minimum Gasteiger partial charge on any atom is -0.359 e. The summed E-state index contributed by atoms with van der Waals surface area (Å²) in [6.45, 7) is 6.88. The van der Waals surface area contributed by atoms with Crippen LogP contribution < -0.4 is 5.32 Å². The fraction of sp³-hybridized carbons (Fsp3) is 0.938. The van der Waals surface area contributed by atoms with Gasteiger partial charge in [0.1, 0.15) is 0 Å². The monoisotopic (exact) mass is 282 g/mol. The van der Waals surface area contributed by atoms with Gasteiger partial charge in [-0.1, -0.05) is 45.4 Å². The molecule has 3 heteroatoms. The molecular weight excluding hydrogens is 252 g/mol. The fourth-order valence-corrected chi connectivity index (χ4v) is 4.75. The predicted molar refractivity (Wildman–Crippen MR) is 87.0 cm³/mol. The number of thioether (sulfide) groups is 1. The zero-order chi connectivity index (χ0) is 13.7. The summed E-state index contributed by atoms with van der Waals surface area (Å²) in [6.07, 6.45) is 10.6. The zero-order valence-corrected chi connectivity index (χ0v) is 13.7. The van der Waals surface area contributed by atoms with Gasteiger partial charge in [0, 0.05) is 11.3 Å². The second kappa shape index (κ2) is 7.01. The van der Waals surface area contributed by atoms with Crippen molar-refractivity contribution in [2.75, 3.05) is 5.75 Å². The first-order chi connectivity index (χ1) is 9.21. The highest BCUT2D eigenvalue weighted by Gasteiger charge is 2.34. The highest BCUT2D eigenvalue weighted by atomic mass is 32.2. The lowest BCUT2D eigenvalue weighted by molar-refractivity contribution is 0.309. The van der Waals surface area contributed by atoms with Crippen LogP contribution in [0.2, 0.25) is 0 Å². The Morgan fingerprint density at radius 1 is 1.16 bits per heavy atom. The summed E-state index contributed by atoms with van der Waals surface area (Å²) in [5, 5.41) is 4.93. The zero-order valence-electron chi connectivity index (χ0n) is 12.9. The molecule has 110 valence electrons. The van der Waals surface area contributed by atoms with Crippen LogP contribution in [0.3, 0.4) is 0 Å². The van der Waals surface area contributed by atoms with Gasteiger partial charge in [-0.05, 0) is 44.4 Å². The maximum Gasteiger partial charge on any atom is 0.157 e. The minimum atomic E-state index is 0.322. The Hall–Kier alpha value is -0.180. The molecule has 1 aliphatic heterocycles. The molecule has 2 fully saturated rings. The summed E-state index contributed by atoms with van der Waals surface area (Å²) in [7, 11) is 0. The summed E-state index contributed by atoms with van der Waals surface area (Å²) in [4.78, 5) is 4.99. The van der Waals surface area contributed by atoms with Crippen molar-refractivity contribution in [2.45, 2.75) is 83.7 Å². The van der Waals surface area contributed by atoms with Gasteiger partial charge in [-0.3, -0.25) is 4.99 Å². The Morgan fingerprint density at radius 2 is 1.84 bits per heavy atom. The SMILES string of the molecule is CCCC1CCC(N=C2NC(CC)(CC)CS2)CC1. The number of rotatable bonds is 5. The molecule has 0 aromatic carbocycles. The summed E-state index contributed by atoms with van der Waals surface area (Å²) < 4.78 is 0. The average Bonchev–Trinajstić information content (AvgIpc) is 2.85. The molecule has 19 heavy (non-hydrogen) atoms. The van der Waals surface area contributed by atoms with Crippen molar-refractivity contribution in [1.29, 1.82) is 0 Å². The standard InChI is InChI=1S/C16H30N2S/c1-4-7-13-8-10-14(11-9-13)17-15-18-16(5-2,6-3)12-19-15/h13-14H,4-12H2,1-3H3,(H,17,18). The normalized spacial score (nSPS) is 32.5. The molecule has 2 nitrogen and oxygen atoms in total. The first kappa shape index (κ1) is 15.2. The summed E-state index contributed by atoms with van der Waals surface area (Å²) in [5.41, 5.74) is 0.322. The second-order valence-corrected chi connectivity index (χ2v) is 7.26. The Bertz CT molecular complexity index is 302. The molecule has 0 bridgehead atoms. The van der Waals surface area contributed by atoms with Gasteiger partial charge in [-0.2, -0.15) is 0 Å². The molecule has 1 aliphatic carbocycles. The number of amidine groups is 1. The van der Waals surface area contributed by atoms with Crippen LogP contribution in [0.1, 0.15) is 72.1 Å². The van der Waals surface area contributed by atoms with Crippen LogP contribution in [0.15, 0.2) is 4.99 Å². The molecule has 0 unspecified atom stereocenters. The van der Waals surface area contributed by atoms with Crippen molar-refractivity contribution in [3.63, 3.8) is 0 Å². The molecule has 1 saturated heterocycles. The minimum absolute atomic E-state index is 0.322. The Kier molecular flexibility index (Phi) is 5.61. The molecule has 0 amide bonds. The van der Waals surface area contributed by atoms with E-state index < -0.39 is 0 Å². The van der Waals surface area contributed by atoms with E-state index in [1.807, 2.05) is 11.8 Å². The number of hydrogen-bond donors (Lipinski definition) is 1. The third-order valence-electron chi connectivity index (χ3n) is 5.02. The van der Waals surface area contributed by atoms with Gasteiger partial charge >= 0.3 is 0 Å². The Labute approximate surface area is 123 Å². The van der Waals surface area contributed by atoms with E-state index in [4.69, 9.17) is 4.99 Å². The molecule has 0 spiro atoms. The van der Waals surface area contributed by atoms with Crippen molar-refractivity contribution < 1.29 is 0 Å². The van der Waals surface area contributed by atoms with E-state index in [2.05, 4.69) is 26.1 Å². The molecule has 1 N–H and O–H groups in total. The number of nitrogens with zero attached hydrogens (tertiary/aromatic N) is 1. The van der Waals surface area contributed by atoms with Crippen LogP contribution in [-0.2, 0) is 0 Å². The molecule has 2 rings (SSSR count). The highest BCUT2D eigenvalue weighted by Crippen LogP contribution is 2.32. The van der Waals surface area contributed by atoms with Crippen LogP contribution >= 0.6 is 11.8 Å². The molecule has 0 aromatic heterocycles. The van der Waals surface area contributed by atoms with Gasteiger partial charge in [0.05, 0.1) is 6.04 Å². The molecule has 1 saturated carbocycles. The van der Waals surface area contributed by atoms with Gasteiger partial charge in [-0.15, -0.1) is 0 Å². The predicted octanol–water partition coefficient (Wildman–Crippen LogP) is 4.60. The van der Waals surface area contributed by atoms with Crippen molar-refractivity contribution in [3.8, 4) is 0 Å². The van der Waals surface area contributed by atoms with Crippen molar-refractivity contribution in [3.05, 3.63) is 0 Å². The summed E-state index contributed by atoms with van der Waals surface area (Å²) >= 11 is 1.94. The van der Waals surface area contributed by atoms with Gasteiger partial charge < -0.3 is 5.32 Å². The van der Waals surface area contributed by atoms with Crippen molar-refractivity contribution >= 4 is 16.9 Å². The fourth-order valence-electron chi connectivity index (χ4n) is 3.34. The Balaban J connectivity index is 1.83. The van der Waals surface area contributed by atoms with E-state index in [0.717, 1.165) is 5.92 Å². The average molecular weight is 282 g/mol. The van der Waals surface area contributed by atoms with E-state index in [1.54, 1.807) is 0 Å². The van der Waals surface area contributed by atoms with Gasteiger partial charge in [0.2, 0.25) is 0 Å². The van der Waals surface area contributed by atoms with Crippen molar-refractivity contribution in [1.82, 2.24) is 5.32 Å². The van der Waals surface area contributed by atoms with Gasteiger partial charge in [-0.25, -0.2) is 0 Å². The molecule has 2 aliphatic rings. The van der Waals surface area contributed by atoms with Crippen LogP contribution in [0.25, 0.3) is 0 Å². The summed E-state index contributed by atoms with van der Waals surface area (Å²) in [5.74, 6) is 2.18. The van der Waals surface area contributed by atoms with E-state index in [9.17, 15) is 0 Å². The lowest BCUT2D eigenvalue weighted by atomic mass is 9.84. The van der Waals surface area contributed by atoms with Gasteiger partial charge in [0.15, 0.2) is 5.17 Å². The number of hydrogen-bond acceptors (Lipinski definition) is 2. The third-order valence-corrected chi connectivity index (χ3v) is 6.20. The van der Waals surface area contributed by atoms with Gasteiger partial charge in [0.25, 0.3) is 0 Å². The maximum absolute atomic E-state index is 4.99. The number of aliphatic imine (C=N–C) groups is 1. The largest absolute Gasteiger partial charge is 0.359 e. The third kappa shape index (κ3) is 3.90. The smallest absolute Gasteiger partial charge is 0.157 e. The molecular formula is C16H30N2S. The first-order valence-electron chi connectivity index (χ1n) is 8.20. The quantitative estimate of drug-likeness (QED) is 0.797. The second-order valence-electron chi connectivity index (χ2n) is 6.30. The Morgan fingerprint density at radius 3 is 2.37 bits per heavy atom. The highest BCUT2D eigenvalue weighted by molar-refractivity contribution is 8.14. The molecule has 0 radical (unpaired) electrons. The maximum atomic E-state index is 4.99. The van der Waals surface area contributed by atoms with Crippen LogP contribution in [0.5, 0.6) is 0 Å².